The van der Waals surface area contributed by atoms with E-state index in [1.165, 1.54) is 6.92 Å². The number of esters is 1. The van der Waals surface area contributed by atoms with E-state index >= 15 is 0 Å². The molecule has 0 aromatic carbocycles. The van der Waals surface area contributed by atoms with Crippen molar-refractivity contribution in [2.45, 2.75) is 13.3 Å². The van der Waals surface area contributed by atoms with Crippen molar-refractivity contribution < 1.29 is 34.2 Å². The Morgan fingerprint density at radius 1 is 1.35 bits per heavy atom. The highest BCUT2D eigenvalue weighted by Gasteiger charge is 2.27. The topological polar surface area (TPSA) is 136 Å². The quantitative estimate of drug-likeness (QED) is 0.274. The monoisotopic (exact) mass is 347 g/mol. The van der Waals surface area contributed by atoms with Gasteiger partial charge in [0.25, 0.3) is 5.06 Å². The molecule has 1 rings (SSSR count). The minimum atomic E-state index is -0.731. The van der Waals surface area contributed by atoms with Gasteiger partial charge in [0.15, 0.2) is 5.78 Å². The van der Waals surface area contributed by atoms with Gasteiger partial charge < -0.3 is 19.7 Å². The number of rotatable bonds is 10. The Balaban J connectivity index is 2.82. The van der Waals surface area contributed by atoms with Crippen LogP contribution in [0.25, 0.3) is 0 Å². The average molecular weight is 347 g/mol. The Bertz CT molecular complexity index is 570. The second kappa shape index (κ2) is 9.18. The van der Waals surface area contributed by atoms with Gasteiger partial charge in [-0.2, -0.15) is 0 Å². The summed E-state index contributed by atoms with van der Waals surface area (Å²) in [6.07, 6.45) is -0.197. The third kappa shape index (κ3) is 5.58. The average Bonchev–Trinajstić information content (AvgIpc) is 2.94. The lowest BCUT2D eigenvalue weighted by Gasteiger charge is -2.08. The van der Waals surface area contributed by atoms with Crippen molar-refractivity contribution in [1.82, 2.24) is 0 Å². The predicted molar refractivity (Wildman–Crippen MR) is 79.7 cm³/mol. The molecule has 1 aromatic rings. The molecule has 0 fully saturated rings. The van der Waals surface area contributed by atoms with E-state index in [1.807, 2.05) is 0 Å². The van der Waals surface area contributed by atoms with Crippen molar-refractivity contribution >= 4 is 28.8 Å². The summed E-state index contributed by atoms with van der Waals surface area (Å²) in [6.45, 7) is 0.603. The number of aliphatic hydroxyl groups is 2. The maximum atomic E-state index is 12.2. The van der Waals surface area contributed by atoms with Crippen LogP contribution in [0.15, 0.2) is 6.07 Å². The van der Waals surface area contributed by atoms with Gasteiger partial charge >= 0.3 is 11.7 Å². The fourth-order valence-electron chi connectivity index (χ4n) is 1.66. The van der Waals surface area contributed by atoms with E-state index in [-0.39, 0.29) is 48.5 Å². The van der Waals surface area contributed by atoms with Gasteiger partial charge in [-0.1, -0.05) is 18.3 Å². The molecule has 0 saturated carbocycles. The Hall–Kier alpha value is -2.04. The van der Waals surface area contributed by atoms with Crippen LogP contribution in [0.4, 0.5) is 5.69 Å². The van der Waals surface area contributed by atoms with E-state index in [4.69, 9.17) is 14.9 Å². The van der Waals surface area contributed by atoms with Gasteiger partial charge in [-0.15, -0.1) is 0 Å². The van der Waals surface area contributed by atoms with Gasteiger partial charge in [0, 0.05) is 12.0 Å². The smallest absolute Gasteiger partial charge is 0.323 e. The lowest BCUT2D eigenvalue weighted by Crippen LogP contribution is -2.17. The van der Waals surface area contributed by atoms with Crippen LogP contribution >= 0.6 is 11.3 Å². The van der Waals surface area contributed by atoms with Crippen molar-refractivity contribution in [1.29, 1.82) is 0 Å². The molecule has 23 heavy (non-hydrogen) atoms. The van der Waals surface area contributed by atoms with E-state index in [0.29, 0.717) is 0 Å². The number of ether oxygens (including phenoxy) is 2. The first-order chi connectivity index (χ1) is 10.9. The van der Waals surface area contributed by atoms with E-state index in [0.717, 1.165) is 17.4 Å². The first kappa shape index (κ1) is 19.0. The summed E-state index contributed by atoms with van der Waals surface area (Å²) in [5, 5.41) is 28.1. The first-order valence-corrected chi connectivity index (χ1v) is 7.54. The Morgan fingerprint density at radius 3 is 2.57 bits per heavy atom. The van der Waals surface area contributed by atoms with Gasteiger partial charge in [0.2, 0.25) is 0 Å². The number of ketones is 1. The molecule has 0 radical (unpaired) electrons. The van der Waals surface area contributed by atoms with Crippen LogP contribution < -0.4 is 4.74 Å². The molecule has 0 aliphatic heterocycles. The molecule has 2 N–H and O–H groups in total. The highest BCUT2D eigenvalue weighted by Crippen LogP contribution is 2.38. The van der Waals surface area contributed by atoms with Crippen molar-refractivity contribution in [3.05, 3.63) is 21.1 Å². The van der Waals surface area contributed by atoms with Crippen molar-refractivity contribution in [2.75, 3.05) is 26.4 Å². The van der Waals surface area contributed by atoms with Crippen LogP contribution in [0.1, 0.15) is 23.0 Å². The van der Waals surface area contributed by atoms with Gasteiger partial charge in [0.1, 0.15) is 13.2 Å². The van der Waals surface area contributed by atoms with Gasteiger partial charge in [0.05, 0.1) is 29.4 Å². The van der Waals surface area contributed by atoms with Crippen molar-refractivity contribution in [3.63, 3.8) is 0 Å². The molecule has 0 spiro atoms. The number of nitrogens with zero attached hydrogens (tertiary/aromatic N) is 1. The molecule has 9 nitrogen and oxygen atoms in total. The molecule has 128 valence electrons. The number of carbonyl (C=O) groups is 2. The zero-order valence-corrected chi connectivity index (χ0v) is 13.2. The number of Topliss-reactive ketones (excluding diaryl/α,β-unsaturated/α-hetero) is 1. The molecule has 1 heterocycles. The van der Waals surface area contributed by atoms with Crippen LogP contribution in [0.3, 0.4) is 0 Å². The summed E-state index contributed by atoms with van der Waals surface area (Å²) in [7, 11) is 0. The molecule has 0 aliphatic carbocycles. The predicted octanol–water partition coefficient (Wildman–Crippen LogP) is 0.772. The van der Waals surface area contributed by atoms with Crippen LogP contribution in [-0.4, -0.2) is 53.3 Å². The lowest BCUT2D eigenvalue weighted by atomic mass is 10.0. The molecule has 1 unspecified atom stereocenters. The van der Waals surface area contributed by atoms with Crippen LogP contribution in [0.5, 0.6) is 5.06 Å². The maximum absolute atomic E-state index is 12.2. The van der Waals surface area contributed by atoms with E-state index in [2.05, 4.69) is 4.74 Å². The number of hydrogen-bond acceptors (Lipinski definition) is 9. The minimum Gasteiger partial charge on any atom is -0.477 e. The molecular formula is C13H17NO8S. The largest absolute Gasteiger partial charge is 0.477 e. The summed E-state index contributed by atoms with van der Waals surface area (Å²) in [5.41, 5.74) is -0.359. The number of nitro groups is 1. The molecule has 0 saturated heterocycles. The molecular weight excluding hydrogens is 330 g/mol. The third-order valence-corrected chi connectivity index (χ3v) is 3.77. The summed E-state index contributed by atoms with van der Waals surface area (Å²) in [4.78, 5) is 34.0. The fourth-order valence-corrected chi connectivity index (χ4v) is 2.71. The highest BCUT2D eigenvalue weighted by molar-refractivity contribution is 7.16. The molecule has 0 amide bonds. The summed E-state index contributed by atoms with van der Waals surface area (Å²) < 4.78 is 9.72. The lowest BCUT2D eigenvalue weighted by molar-refractivity contribution is -0.385. The highest BCUT2D eigenvalue weighted by atomic mass is 32.1. The van der Waals surface area contributed by atoms with Gasteiger partial charge in [-0.3, -0.25) is 19.7 Å². The minimum absolute atomic E-state index is 0.0672. The summed E-state index contributed by atoms with van der Waals surface area (Å²) in [6, 6.07) is 1.09. The second-order valence-electron chi connectivity index (χ2n) is 4.53. The maximum Gasteiger partial charge on any atom is 0.323 e. The molecule has 0 bridgehead atoms. The molecule has 10 heteroatoms. The normalized spacial score (nSPS) is 11.8. The fraction of sp³-hybridized carbons (Fsp3) is 0.538. The SMILES string of the molecule is CC(CC(=O)OCCO)C(=O)c1cc([N+](=O)[O-])c(OCCO)s1. The zero-order valence-electron chi connectivity index (χ0n) is 12.4. The van der Waals surface area contributed by atoms with Crippen LogP contribution in [-0.2, 0) is 9.53 Å². The molecule has 1 atom stereocenters. The van der Waals surface area contributed by atoms with Crippen molar-refractivity contribution in [2.24, 2.45) is 5.92 Å². The molecule has 1 aromatic heterocycles. The number of hydrogen-bond donors (Lipinski definition) is 2. The number of carbonyl (C=O) groups excluding carboxylic acids is 2. The van der Waals surface area contributed by atoms with Crippen molar-refractivity contribution in [3.8, 4) is 5.06 Å². The Kier molecular flexibility index (Phi) is 7.59. The van der Waals surface area contributed by atoms with Crippen LogP contribution in [0, 0.1) is 16.0 Å². The van der Waals surface area contributed by atoms with E-state index in [1.54, 1.807) is 0 Å². The first-order valence-electron chi connectivity index (χ1n) is 6.73. The van der Waals surface area contributed by atoms with E-state index < -0.39 is 22.6 Å². The summed E-state index contributed by atoms with van der Waals surface area (Å²) in [5.74, 6) is -1.81. The Labute approximate surface area is 135 Å². The Morgan fingerprint density at radius 2 is 2.00 bits per heavy atom. The third-order valence-electron chi connectivity index (χ3n) is 2.72. The molecule has 0 aliphatic rings. The van der Waals surface area contributed by atoms with E-state index in [9.17, 15) is 19.7 Å². The standard InChI is InChI=1S/C13H17NO8S/c1-8(6-11(17)21-4-2-15)12(18)10-7-9(14(19)20)13(23-10)22-5-3-16/h7-8,15-16H,2-6H2,1H3. The number of thiophene rings is 1. The zero-order chi connectivity index (χ0) is 17.4. The number of aliphatic hydroxyl groups excluding tert-OH is 2. The van der Waals surface area contributed by atoms with Gasteiger partial charge in [-0.05, 0) is 0 Å². The second-order valence-corrected chi connectivity index (χ2v) is 5.54. The summed E-state index contributed by atoms with van der Waals surface area (Å²) >= 11 is 0.793. The van der Waals surface area contributed by atoms with Crippen LogP contribution in [0.2, 0.25) is 0 Å². The van der Waals surface area contributed by atoms with Gasteiger partial charge in [-0.25, -0.2) is 0 Å².